The van der Waals surface area contributed by atoms with E-state index in [1.54, 1.807) is 5.57 Å². The number of hydrogen-bond donors (Lipinski definition) is 0. The predicted molar refractivity (Wildman–Crippen MR) is 71.2 cm³/mol. The van der Waals surface area contributed by atoms with Gasteiger partial charge in [0.1, 0.15) is 0 Å². The van der Waals surface area contributed by atoms with Crippen molar-refractivity contribution in [3.05, 3.63) is 11.6 Å². The van der Waals surface area contributed by atoms with E-state index < -0.39 is 0 Å². The smallest absolute Gasteiger partial charge is 0.0232 e. The highest BCUT2D eigenvalue weighted by molar-refractivity contribution is 5.04. The average Bonchev–Trinajstić information content (AvgIpc) is 2.24. The third kappa shape index (κ3) is 7.64. The van der Waals surface area contributed by atoms with Crippen LogP contribution in [0.2, 0.25) is 0 Å². The Hall–Kier alpha value is -0.260. The molecule has 0 aliphatic rings. The van der Waals surface area contributed by atoms with E-state index in [0.29, 0.717) is 0 Å². The molecule has 0 aliphatic carbocycles. The topological polar surface area (TPSA) is 0 Å². The molecule has 0 fully saturated rings. The van der Waals surface area contributed by atoms with Gasteiger partial charge in [-0.2, -0.15) is 0 Å². The van der Waals surface area contributed by atoms with Crippen LogP contribution < -0.4 is 0 Å². The van der Waals surface area contributed by atoms with E-state index >= 15 is 0 Å². The van der Waals surface area contributed by atoms with Gasteiger partial charge in [-0.1, -0.05) is 64.5 Å². The summed E-state index contributed by atoms with van der Waals surface area (Å²) in [5.74, 6) is 0.818. The van der Waals surface area contributed by atoms with Crippen molar-refractivity contribution in [2.45, 2.75) is 79.1 Å². The molecule has 90 valence electrons. The van der Waals surface area contributed by atoms with Crippen LogP contribution in [0.25, 0.3) is 0 Å². The largest absolute Gasteiger partial charge is 0.0882 e. The van der Waals surface area contributed by atoms with E-state index in [0.717, 1.165) is 5.92 Å². The molecule has 0 aliphatic heterocycles. The molecule has 0 saturated heterocycles. The van der Waals surface area contributed by atoms with Crippen molar-refractivity contribution in [2.75, 3.05) is 0 Å². The lowest BCUT2D eigenvalue weighted by atomic mass is 9.91. The Bertz CT molecular complexity index is 155. The second-order valence-electron chi connectivity index (χ2n) is 4.72. The van der Waals surface area contributed by atoms with Gasteiger partial charge in [-0.05, 0) is 32.1 Å². The maximum atomic E-state index is 2.40. The van der Waals surface area contributed by atoms with E-state index in [9.17, 15) is 0 Å². The second-order valence-corrected chi connectivity index (χ2v) is 4.72. The van der Waals surface area contributed by atoms with Gasteiger partial charge in [0.15, 0.2) is 0 Å². The van der Waals surface area contributed by atoms with E-state index in [4.69, 9.17) is 0 Å². The first-order valence-electron chi connectivity index (χ1n) is 6.91. The molecular weight excluding hydrogens is 180 g/mol. The Labute approximate surface area is 97.2 Å². The quantitative estimate of drug-likeness (QED) is 0.337. The summed E-state index contributed by atoms with van der Waals surface area (Å²) in [7, 11) is 0. The molecule has 0 aromatic heterocycles. The summed E-state index contributed by atoms with van der Waals surface area (Å²) in [6.07, 6.45) is 13.3. The maximum Gasteiger partial charge on any atom is -0.0232 e. The van der Waals surface area contributed by atoms with E-state index in [1.807, 2.05) is 0 Å². The van der Waals surface area contributed by atoms with Gasteiger partial charge in [0.25, 0.3) is 0 Å². The minimum absolute atomic E-state index is 0.818. The summed E-state index contributed by atoms with van der Waals surface area (Å²) in [4.78, 5) is 0. The molecule has 0 bridgehead atoms. The first-order valence-corrected chi connectivity index (χ1v) is 6.91. The highest BCUT2D eigenvalue weighted by atomic mass is 14.1. The van der Waals surface area contributed by atoms with Crippen molar-refractivity contribution in [3.63, 3.8) is 0 Å². The number of hydrogen-bond acceptors (Lipinski definition) is 0. The zero-order chi connectivity index (χ0) is 11.5. The van der Waals surface area contributed by atoms with E-state index in [2.05, 4.69) is 33.8 Å². The van der Waals surface area contributed by atoms with Gasteiger partial charge in [-0.3, -0.25) is 0 Å². The Morgan fingerprint density at radius 3 is 2.13 bits per heavy atom. The van der Waals surface area contributed by atoms with Crippen molar-refractivity contribution >= 4 is 0 Å². The molecule has 0 radical (unpaired) electrons. The molecule has 1 unspecified atom stereocenters. The van der Waals surface area contributed by atoms with Crippen LogP contribution in [0.15, 0.2) is 11.6 Å². The molecule has 0 N–H and O–H groups in total. The lowest BCUT2D eigenvalue weighted by Gasteiger charge is -2.15. The van der Waals surface area contributed by atoms with E-state index in [1.165, 1.54) is 51.4 Å². The van der Waals surface area contributed by atoms with Crippen LogP contribution >= 0.6 is 0 Å². The fourth-order valence-corrected chi connectivity index (χ4v) is 2.14. The molecule has 0 aromatic carbocycles. The molecule has 0 spiro atoms. The molecule has 0 rings (SSSR count). The van der Waals surface area contributed by atoms with Gasteiger partial charge in [-0.15, -0.1) is 0 Å². The summed E-state index contributed by atoms with van der Waals surface area (Å²) >= 11 is 0. The lowest BCUT2D eigenvalue weighted by molar-refractivity contribution is 0.529. The molecule has 1 atom stereocenters. The second kappa shape index (κ2) is 10.3. The first kappa shape index (κ1) is 14.7. The summed E-state index contributed by atoms with van der Waals surface area (Å²) in [5, 5.41) is 0. The van der Waals surface area contributed by atoms with Crippen molar-refractivity contribution in [3.8, 4) is 0 Å². The fraction of sp³-hybridized carbons (Fsp3) is 0.867. The summed E-state index contributed by atoms with van der Waals surface area (Å²) < 4.78 is 0. The third-order valence-corrected chi connectivity index (χ3v) is 3.31. The van der Waals surface area contributed by atoms with Gasteiger partial charge in [-0.25, -0.2) is 0 Å². The fourth-order valence-electron chi connectivity index (χ4n) is 2.14. The third-order valence-electron chi connectivity index (χ3n) is 3.31. The van der Waals surface area contributed by atoms with Crippen LogP contribution in [-0.2, 0) is 0 Å². The van der Waals surface area contributed by atoms with Crippen molar-refractivity contribution in [2.24, 2.45) is 5.92 Å². The number of rotatable bonds is 9. The Balaban J connectivity index is 3.74. The minimum Gasteiger partial charge on any atom is -0.0882 e. The monoisotopic (exact) mass is 210 g/mol. The van der Waals surface area contributed by atoms with Crippen molar-refractivity contribution < 1.29 is 0 Å². The van der Waals surface area contributed by atoms with Crippen LogP contribution in [0.1, 0.15) is 79.1 Å². The predicted octanol–water partition coefficient (Wildman–Crippen LogP) is 5.73. The molecule has 0 saturated carbocycles. The van der Waals surface area contributed by atoms with Crippen LogP contribution in [0.3, 0.4) is 0 Å². The van der Waals surface area contributed by atoms with Gasteiger partial charge in [0.05, 0.1) is 0 Å². The zero-order valence-electron chi connectivity index (χ0n) is 11.3. The average molecular weight is 210 g/mol. The molecule has 0 nitrogen and oxygen atoms in total. The maximum absolute atomic E-state index is 2.40. The van der Waals surface area contributed by atoms with Crippen molar-refractivity contribution in [1.82, 2.24) is 0 Å². The van der Waals surface area contributed by atoms with Gasteiger partial charge < -0.3 is 0 Å². The first-order chi connectivity index (χ1) is 7.26. The van der Waals surface area contributed by atoms with Gasteiger partial charge >= 0.3 is 0 Å². The summed E-state index contributed by atoms with van der Waals surface area (Å²) in [6.45, 7) is 9.16. The molecule has 0 aromatic rings. The van der Waals surface area contributed by atoms with Gasteiger partial charge in [0.2, 0.25) is 0 Å². The molecular formula is C15H30. The van der Waals surface area contributed by atoms with E-state index in [-0.39, 0.29) is 0 Å². The molecule has 0 amide bonds. The Morgan fingerprint density at radius 2 is 1.60 bits per heavy atom. The van der Waals surface area contributed by atoms with Crippen LogP contribution in [0.4, 0.5) is 0 Å². The molecule has 0 heterocycles. The Kier molecular flexibility index (Phi) is 10.1. The van der Waals surface area contributed by atoms with Crippen LogP contribution in [-0.4, -0.2) is 0 Å². The van der Waals surface area contributed by atoms with Crippen LogP contribution in [0.5, 0.6) is 0 Å². The van der Waals surface area contributed by atoms with Gasteiger partial charge in [0, 0.05) is 0 Å². The number of unbranched alkanes of at least 4 members (excludes halogenated alkanes) is 4. The number of allylic oxidation sites excluding steroid dienone is 2. The highest BCUT2D eigenvalue weighted by Gasteiger charge is 2.06. The molecule has 15 heavy (non-hydrogen) atoms. The molecule has 0 heteroatoms. The Morgan fingerprint density at radius 1 is 1.00 bits per heavy atom. The van der Waals surface area contributed by atoms with Crippen LogP contribution in [0, 0.1) is 5.92 Å². The zero-order valence-corrected chi connectivity index (χ0v) is 11.3. The summed E-state index contributed by atoms with van der Waals surface area (Å²) in [6, 6.07) is 0. The normalized spacial score (nSPS) is 14.3. The standard InChI is InChI=1S/C15H30/c1-5-8-10-12-14(4)15(7-3)13-11-9-6-2/h7,14H,5-6,8-13H2,1-4H3. The minimum atomic E-state index is 0.818. The highest BCUT2D eigenvalue weighted by Crippen LogP contribution is 2.23. The SMILES string of the molecule is CC=C(CCCCC)C(C)CCCCC. The lowest BCUT2D eigenvalue weighted by Crippen LogP contribution is -2.00. The summed E-state index contributed by atoms with van der Waals surface area (Å²) in [5.41, 5.74) is 1.69. The van der Waals surface area contributed by atoms with Crippen molar-refractivity contribution in [1.29, 1.82) is 0 Å².